The molecular weight excluding hydrogens is 230 g/mol. The van der Waals surface area contributed by atoms with Crippen LogP contribution in [0.5, 0.6) is 5.75 Å². The molecule has 0 aliphatic carbocycles. The first-order chi connectivity index (χ1) is 8.63. The smallest absolute Gasteiger partial charge is 0.195 e. The number of rotatable bonds is 3. The molecule has 0 amide bonds. The Morgan fingerprint density at radius 3 is 2.44 bits per heavy atom. The standard InChI is InChI=1S/C13H13N3O2/c1-18-9-4-2-8(3-5-9)12(17)10-6-7-16-13(15)11(10)14/h2-7H,14H2,1H3,(H2,15,16). The van der Waals surface area contributed by atoms with Crippen LogP contribution in [0.3, 0.4) is 0 Å². The summed E-state index contributed by atoms with van der Waals surface area (Å²) in [6.45, 7) is 0. The Balaban J connectivity index is 2.38. The van der Waals surface area contributed by atoms with E-state index in [2.05, 4.69) is 4.98 Å². The van der Waals surface area contributed by atoms with Crippen LogP contribution >= 0.6 is 0 Å². The van der Waals surface area contributed by atoms with Crippen molar-refractivity contribution in [1.29, 1.82) is 0 Å². The van der Waals surface area contributed by atoms with E-state index in [0.29, 0.717) is 16.9 Å². The Morgan fingerprint density at radius 1 is 1.17 bits per heavy atom. The third kappa shape index (κ3) is 2.10. The summed E-state index contributed by atoms with van der Waals surface area (Å²) < 4.78 is 5.03. The molecule has 0 bridgehead atoms. The normalized spacial score (nSPS) is 10.1. The summed E-state index contributed by atoms with van der Waals surface area (Å²) in [5, 5.41) is 0. The van der Waals surface area contributed by atoms with Crippen molar-refractivity contribution in [1.82, 2.24) is 4.98 Å². The second-order valence-electron chi connectivity index (χ2n) is 3.72. The summed E-state index contributed by atoms with van der Waals surface area (Å²) in [5.74, 6) is 0.660. The molecule has 0 aliphatic rings. The number of carbonyl (C=O) groups excluding carboxylic acids is 1. The van der Waals surface area contributed by atoms with Gasteiger partial charge in [0.2, 0.25) is 0 Å². The van der Waals surface area contributed by atoms with E-state index < -0.39 is 0 Å². The minimum atomic E-state index is -0.191. The molecule has 2 rings (SSSR count). The van der Waals surface area contributed by atoms with Gasteiger partial charge in [-0.3, -0.25) is 4.79 Å². The van der Waals surface area contributed by atoms with Crippen LogP contribution in [0.15, 0.2) is 36.5 Å². The second-order valence-corrected chi connectivity index (χ2v) is 3.72. The highest BCUT2D eigenvalue weighted by Crippen LogP contribution is 2.21. The molecule has 0 atom stereocenters. The first-order valence-corrected chi connectivity index (χ1v) is 5.32. The molecule has 5 heteroatoms. The van der Waals surface area contributed by atoms with Crippen LogP contribution in [0.4, 0.5) is 11.5 Å². The third-order valence-corrected chi connectivity index (χ3v) is 2.62. The quantitative estimate of drug-likeness (QED) is 0.797. The molecule has 92 valence electrons. The highest BCUT2D eigenvalue weighted by atomic mass is 16.5. The van der Waals surface area contributed by atoms with E-state index in [9.17, 15) is 4.79 Å². The van der Waals surface area contributed by atoms with Gasteiger partial charge in [0.1, 0.15) is 11.6 Å². The van der Waals surface area contributed by atoms with E-state index in [1.54, 1.807) is 37.4 Å². The highest BCUT2D eigenvalue weighted by Gasteiger charge is 2.14. The molecule has 0 saturated carbocycles. The number of nitrogens with zero attached hydrogens (tertiary/aromatic N) is 1. The van der Waals surface area contributed by atoms with E-state index in [4.69, 9.17) is 16.2 Å². The van der Waals surface area contributed by atoms with E-state index >= 15 is 0 Å². The topological polar surface area (TPSA) is 91.2 Å². The first kappa shape index (κ1) is 11.9. The Bertz CT molecular complexity index is 579. The maximum Gasteiger partial charge on any atom is 0.195 e. The number of aromatic nitrogens is 1. The molecule has 0 spiro atoms. The molecule has 18 heavy (non-hydrogen) atoms. The lowest BCUT2D eigenvalue weighted by molar-refractivity contribution is 0.103. The summed E-state index contributed by atoms with van der Waals surface area (Å²) in [4.78, 5) is 16.0. The molecule has 0 radical (unpaired) electrons. The van der Waals surface area contributed by atoms with Crippen LogP contribution in [-0.4, -0.2) is 17.9 Å². The molecular formula is C13H13N3O2. The molecule has 0 saturated heterocycles. The monoisotopic (exact) mass is 243 g/mol. The Kier molecular flexibility index (Phi) is 3.14. The summed E-state index contributed by atoms with van der Waals surface area (Å²) in [7, 11) is 1.57. The van der Waals surface area contributed by atoms with Crippen molar-refractivity contribution < 1.29 is 9.53 Å². The summed E-state index contributed by atoms with van der Waals surface area (Å²) in [5.41, 5.74) is 12.4. The highest BCUT2D eigenvalue weighted by molar-refractivity contribution is 6.13. The van der Waals surface area contributed by atoms with Crippen molar-refractivity contribution in [2.45, 2.75) is 0 Å². The maximum atomic E-state index is 12.2. The van der Waals surface area contributed by atoms with Crippen molar-refractivity contribution in [3.63, 3.8) is 0 Å². The fourth-order valence-corrected chi connectivity index (χ4v) is 1.59. The number of nitrogens with two attached hydrogens (primary N) is 2. The lowest BCUT2D eigenvalue weighted by atomic mass is 10.0. The Labute approximate surface area is 104 Å². The third-order valence-electron chi connectivity index (χ3n) is 2.62. The van der Waals surface area contributed by atoms with Crippen LogP contribution in [0.1, 0.15) is 15.9 Å². The second kappa shape index (κ2) is 4.75. The minimum Gasteiger partial charge on any atom is -0.497 e. The molecule has 1 aromatic carbocycles. The van der Waals surface area contributed by atoms with Crippen LogP contribution in [-0.2, 0) is 0 Å². The van der Waals surface area contributed by atoms with E-state index in [-0.39, 0.29) is 17.3 Å². The number of pyridine rings is 1. The van der Waals surface area contributed by atoms with Gasteiger partial charge >= 0.3 is 0 Å². The van der Waals surface area contributed by atoms with Crippen LogP contribution < -0.4 is 16.2 Å². The van der Waals surface area contributed by atoms with E-state index in [1.165, 1.54) is 6.20 Å². The molecule has 1 aromatic heterocycles. The van der Waals surface area contributed by atoms with Gasteiger partial charge in [0.15, 0.2) is 5.78 Å². The number of anilines is 2. The molecule has 1 heterocycles. The predicted molar refractivity (Wildman–Crippen MR) is 69.5 cm³/mol. The molecule has 0 aliphatic heterocycles. The molecule has 0 unspecified atom stereocenters. The fraction of sp³-hybridized carbons (Fsp3) is 0.0769. The van der Waals surface area contributed by atoms with Crippen LogP contribution in [0.2, 0.25) is 0 Å². The fourth-order valence-electron chi connectivity index (χ4n) is 1.59. The number of hydrogen-bond donors (Lipinski definition) is 2. The molecule has 5 nitrogen and oxygen atoms in total. The SMILES string of the molecule is COc1ccc(C(=O)c2ccnc(N)c2N)cc1. The first-order valence-electron chi connectivity index (χ1n) is 5.32. The zero-order valence-corrected chi connectivity index (χ0v) is 9.88. The Morgan fingerprint density at radius 2 is 1.83 bits per heavy atom. The van der Waals surface area contributed by atoms with Gasteiger partial charge < -0.3 is 16.2 Å². The van der Waals surface area contributed by atoms with Gasteiger partial charge in [-0.15, -0.1) is 0 Å². The number of ketones is 1. The average molecular weight is 243 g/mol. The average Bonchev–Trinajstić information content (AvgIpc) is 2.41. The largest absolute Gasteiger partial charge is 0.497 e. The number of benzene rings is 1. The molecule has 4 N–H and O–H groups in total. The van der Waals surface area contributed by atoms with Crippen molar-refractivity contribution in [3.05, 3.63) is 47.7 Å². The van der Waals surface area contributed by atoms with Gasteiger partial charge in [0.05, 0.1) is 18.4 Å². The van der Waals surface area contributed by atoms with Crippen molar-refractivity contribution >= 4 is 17.3 Å². The van der Waals surface area contributed by atoms with E-state index in [1.807, 2.05) is 0 Å². The molecule has 2 aromatic rings. The van der Waals surface area contributed by atoms with Crippen LogP contribution in [0.25, 0.3) is 0 Å². The van der Waals surface area contributed by atoms with Gasteiger partial charge in [-0.05, 0) is 30.3 Å². The van der Waals surface area contributed by atoms with Gasteiger partial charge in [-0.1, -0.05) is 0 Å². The lowest BCUT2D eigenvalue weighted by Gasteiger charge is -2.07. The maximum absolute atomic E-state index is 12.2. The summed E-state index contributed by atoms with van der Waals surface area (Å²) >= 11 is 0. The van der Waals surface area contributed by atoms with E-state index in [0.717, 1.165) is 0 Å². The zero-order valence-electron chi connectivity index (χ0n) is 9.88. The Hall–Kier alpha value is -2.56. The number of nitrogen functional groups attached to an aromatic ring is 2. The predicted octanol–water partition coefficient (Wildman–Crippen LogP) is 1.49. The van der Waals surface area contributed by atoms with Crippen molar-refractivity contribution in [2.24, 2.45) is 0 Å². The molecule has 0 fully saturated rings. The van der Waals surface area contributed by atoms with Crippen molar-refractivity contribution in [2.75, 3.05) is 18.6 Å². The number of ether oxygens (including phenoxy) is 1. The minimum absolute atomic E-state index is 0.161. The summed E-state index contributed by atoms with van der Waals surface area (Å²) in [6.07, 6.45) is 1.46. The van der Waals surface area contributed by atoms with Crippen LogP contribution in [0, 0.1) is 0 Å². The van der Waals surface area contributed by atoms with Gasteiger partial charge in [-0.25, -0.2) is 4.98 Å². The van der Waals surface area contributed by atoms with Crippen molar-refractivity contribution in [3.8, 4) is 5.75 Å². The lowest BCUT2D eigenvalue weighted by Crippen LogP contribution is -2.08. The van der Waals surface area contributed by atoms with Gasteiger partial charge in [0.25, 0.3) is 0 Å². The number of hydrogen-bond acceptors (Lipinski definition) is 5. The number of carbonyl (C=O) groups is 1. The van der Waals surface area contributed by atoms with Gasteiger partial charge in [-0.2, -0.15) is 0 Å². The van der Waals surface area contributed by atoms with Gasteiger partial charge in [0, 0.05) is 11.8 Å². The zero-order chi connectivity index (χ0) is 13.1. The number of methoxy groups -OCH3 is 1. The summed E-state index contributed by atoms with van der Waals surface area (Å²) in [6, 6.07) is 8.34.